The lowest BCUT2D eigenvalue weighted by Crippen LogP contribution is -2.50. The number of piperazine rings is 1. The SMILES string of the molecule is CN(C)c1ccc([C@@H](CNC(=O)C2CCCC2)N2CCN(c3ccccc3)CC2)cc1. The molecule has 0 unspecified atom stereocenters. The summed E-state index contributed by atoms with van der Waals surface area (Å²) in [6.07, 6.45) is 4.47. The van der Waals surface area contributed by atoms with Crippen LogP contribution in [-0.2, 0) is 4.79 Å². The van der Waals surface area contributed by atoms with E-state index in [2.05, 4.69) is 88.7 Å². The first-order valence-corrected chi connectivity index (χ1v) is 11.7. The minimum absolute atomic E-state index is 0.208. The Balaban J connectivity index is 1.44. The number of carbonyl (C=O) groups is 1. The van der Waals surface area contributed by atoms with Crippen molar-refractivity contribution in [2.75, 3.05) is 56.6 Å². The van der Waals surface area contributed by atoms with Crippen molar-refractivity contribution in [1.82, 2.24) is 10.2 Å². The van der Waals surface area contributed by atoms with Crippen molar-refractivity contribution in [2.24, 2.45) is 5.92 Å². The van der Waals surface area contributed by atoms with Crippen molar-refractivity contribution in [3.05, 3.63) is 60.2 Å². The summed E-state index contributed by atoms with van der Waals surface area (Å²) < 4.78 is 0. The Hall–Kier alpha value is -2.53. The highest BCUT2D eigenvalue weighted by atomic mass is 16.1. The van der Waals surface area contributed by atoms with Gasteiger partial charge in [-0.15, -0.1) is 0 Å². The highest BCUT2D eigenvalue weighted by Crippen LogP contribution is 2.27. The second-order valence-electron chi connectivity index (χ2n) is 9.09. The molecule has 2 aromatic rings. The summed E-state index contributed by atoms with van der Waals surface area (Å²) in [4.78, 5) is 19.8. The largest absolute Gasteiger partial charge is 0.378 e. The molecule has 1 heterocycles. The molecule has 2 aliphatic rings. The molecule has 0 aromatic heterocycles. The standard InChI is InChI=1S/C26H36N4O/c1-28(2)23-14-12-21(13-15-23)25(20-27-26(31)22-8-6-7-9-22)30-18-16-29(17-19-30)24-10-4-3-5-11-24/h3-5,10-15,22,25H,6-9,16-20H2,1-2H3,(H,27,31)/t25-/m1/s1. The molecule has 0 spiro atoms. The lowest BCUT2D eigenvalue weighted by molar-refractivity contribution is -0.125. The van der Waals surface area contributed by atoms with E-state index in [0.717, 1.165) is 39.0 Å². The molecule has 1 atom stereocenters. The summed E-state index contributed by atoms with van der Waals surface area (Å²) in [6.45, 7) is 4.68. The Morgan fingerprint density at radius 3 is 2.23 bits per heavy atom. The van der Waals surface area contributed by atoms with E-state index in [1.807, 2.05) is 0 Å². The molecule has 5 nitrogen and oxygen atoms in total. The van der Waals surface area contributed by atoms with E-state index in [4.69, 9.17) is 0 Å². The maximum atomic E-state index is 12.7. The summed E-state index contributed by atoms with van der Waals surface area (Å²) in [5, 5.41) is 3.30. The number of benzene rings is 2. The first kappa shape index (κ1) is 21.7. The van der Waals surface area contributed by atoms with Gasteiger partial charge in [-0.05, 0) is 42.7 Å². The molecule has 1 aliphatic heterocycles. The van der Waals surface area contributed by atoms with E-state index < -0.39 is 0 Å². The minimum Gasteiger partial charge on any atom is -0.378 e. The number of carbonyl (C=O) groups excluding carboxylic acids is 1. The van der Waals surface area contributed by atoms with Crippen molar-refractivity contribution in [1.29, 1.82) is 0 Å². The molecule has 5 heteroatoms. The van der Waals surface area contributed by atoms with Gasteiger partial charge in [0.2, 0.25) is 5.91 Å². The van der Waals surface area contributed by atoms with Gasteiger partial charge in [0.15, 0.2) is 0 Å². The van der Waals surface area contributed by atoms with Crippen LogP contribution in [0.3, 0.4) is 0 Å². The van der Waals surface area contributed by atoms with Gasteiger partial charge in [0.1, 0.15) is 0 Å². The zero-order chi connectivity index (χ0) is 21.6. The molecule has 31 heavy (non-hydrogen) atoms. The van der Waals surface area contributed by atoms with Gasteiger partial charge in [0, 0.05) is 64.1 Å². The molecule has 1 N–H and O–H groups in total. The van der Waals surface area contributed by atoms with Crippen LogP contribution in [0.1, 0.15) is 37.3 Å². The number of hydrogen-bond donors (Lipinski definition) is 1. The van der Waals surface area contributed by atoms with E-state index >= 15 is 0 Å². The van der Waals surface area contributed by atoms with Gasteiger partial charge < -0.3 is 15.1 Å². The first-order valence-electron chi connectivity index (χ1n) is 11.7. The topological polar surface area (TPSA) is 38.8 Å². The summed E-state index contributed by atoms with van der Waals surface area (Å²) in [5.41, 5.74) is 3.78. The summed E-state index contributed by atoms with van der Waals surface area (Å²) in [7, 11) is 4.13. The van der Waals surface area contributed by atoms with Crippen LogP contribution in [0.15, 0.2) is 54.6 Å². The Morgan fingerprint density at radius 1 is 0.968 bits per heavy atom. The summed E-state index contributed by atoms with van der Waals surface area (Å²) in [6, 6.07) is 19.7. The number of rotatable bonds is 7. The van der Waals surface area contributed by atoms with E-state index in [-0.39, 0.29) is 17.9 Å². The predicted octanol–water partition coefficient (Wildman–Crippen LogP) is 3.92. The van der Waals surface area contributed by atoms with Crippen molar-refractivity contribution in [3.8, 4) is 0 Å². The molecule has 2 aromatic carbocycles. The van der Waals surface area contributed by atoms with E-state index in [9.17, 15) is 4.79 Å². The fraction of sp³-hybridized carbons (Fsp3) is 0.500. The van der Waals surface area contributed by atoms with Gasteiger partial charge >= 0.3 is 0 Å². The zero-order valence-corrected chi connectivity index (χ0v) is 19.0. The minimum atomic E-state index is 0.208. The Bertz CT molecular complexity index is 822. The van der Waals surface area contributed by atoms with Gasteiger partial charge in [-0.3, -0.25) is 9.69 Å². The third-order valence-electron chi connectivity index (χ3n) is 6.87. The van der Waals surface area contributed by atoms with Crippen LogP contribution < -0.4 is 15.1 Å². The molecule has 4 rings (SSSR count). The number of anilines is 2. The smallest absolute Gasteiger partial charge is 0.223 e. The number of hydrogen-bond acceptors (Lipinski definition) is 4. The number of amides is 1. The van der Waals surface area contributed by atoms with Crippen LogP contribution in [0, 0.1) is 5.92 Å². The third kappa shape index (κ3) is 5.40. The van der Waals surface area contributed by atoms with Crippen LogP contribution in [0.2, 0.25) is 0 Å². The summed E-state index contributed by atoms with van der Waals surface area (Å²) in [5.74, 6) is 0.460. The van der Waals surface area contributed by atoms with Gasteiger partial charge in [-0.2, -0.15) is 0 Å². The summed E-state index contributed by atoms with van der Waals surface area (Å²) >= 11 is 0. The van der Waals surface area contributed by atoms with Crippen LogP contribution in [0.4, 0.5) is 11.4 Å². The van der Waals surface area contributed by atoms with Crippen molar-refractivity contribution in [3.63, 3.8) is 0 Å². The Kier molecular flexibility index (Phi) is 7.13. The van der Waals surface area contributed by atoms with Crippen LogP contribution in [0.25, 0.3) is 0 Å². The molecule has 0 bridgehead atoms. The monoisotopic (exact) mass is 420 g/mol. The van der Waals surface area contributed by atoms with E-state index in [1.165, 1.54) is 29.8 Å². The molecule has 166 valence electrons. The lowest BCUT2D eigenvalue weighted by atomic mass is 10.0. The third-order valence-corrected chi connectivity index (χ3v) is 6.87. The van der Waals surface area contributed by atoms with Crippen molar-refractivity contribution in [2.45, 2.75) is 31.7 Å². The quantitative estimate of drug-likeness (QED) is 0.737. The fourth-order valence-electron chi connectivity index (χ4n) is 4.91. The first-order chi connectivity index (χ1) is 15.1. The molecular weight excluding hydrogens is 384 g/mol. The molecular formula is C26H36N4O. The Morgan fingerprint density at radius 2 is 1.61 bits per heavy atom. The van der Waals surface area contributed by atoms with Crippen LogP contribution in [0.5, 0.6) is 0 Å². The van der Waals surface area contributed by atoms with Gasteiger partial charge in [0.25, 0.3) is 0 Å². The molecule has 1 saturated heterocycles. The molecule has 2 fully saturated rings. The Labute approximate surface area is 187 Å². The predicted molar refractivity (Wildman–Crippen MR) is 129 cm³/mol. The molecule has 1 saturated carbocycles. The van der Waals surface area contributed by atoms with Crippen LogP contribution >= 0.6 is 0 Å². The van der Waals surface area contributed by atoms with Gasteiger partial charge in [0.05, 0.1) is 6.04 Å². The normalized spacial score (nSPS) is 18.7. The maximum absolute atomic E-state index is 12.7. The lowest BCUT2D eigenvalue weighted by Gasteiger charge is -2.40. The van der Waals surface area contributed by atoms with E-state index in [1.54, 1.807) is 0 Å². The molecule has 1 amide bonds. The van der Waals surface area contributed by atoms with Crippen LogP contribution in [-0.4, -0.2) is 57.6 Å². The van der Waals surface area contributed by atoms with Crippen molar-refractivity contribution < 1.29 is 4.79 Å². The zero-order valence-electron chi connectivity index (χ0n) is 19.0. The molecule has 0 radical (unpaired) electrons. The highest BCUT2D eigenvalue weighted by Gasteiger charge is 2.28. The fourth-order valence-corrected chi connectivity index (χ4v) is 4.91. The second-order valence-corrected chi connectivity index (χ2v) is 9.09. The van der Waals surface area contributed by atoms with Gasteiger partial charge in [-0.1, -0.05) is 43.2 Å². The second kappa shape index (κ2) is 10.2. The van der Waals surface area contributed by atoms with E-state index in [0.29, 0.717) is 6.54 Å². The molecule has 1 aliphatic carbocycles. The average molecular weight is 421 g/mol. The average Bonchev–Trinajstić information content (AvgIpc) is 3.36. The van der Waals surface area contributed by atoms with Gasteiger partial charge in [-0.25, -0.2) is 0 Å². The number of nitrogens with zero attached hydrogens (tertiary/aromatic N) is 3. The maximum Gasteiger partial charge on any atom is 0.223 e. The van der Waals surface area contributed by atoms with Crippen molar-refractivity contribution >= 4 is 17.3 Å². The number of nitrogens with one attached hydrogen (secondary N) is 1. The highest BCUT2D eigenvalue weighted by molar-refractivity contribution is 5.78. The number of para-hydroxylation sites is 1.